The van der Waals surface area contributed by atoms with Crippen LogP contribution in [-0.4, -0.2) is 15.0 Å². The third-order valence-electron chi connectivity index (χ3n) is 5.06. The summed E-state index contributed by atoms with van der Waals surface area (Å²) in [6.45, 7) is 5.63. The van der Waals surface area contributed by atoms with Gasteiger partial charge in [0.15, 0.2) is 0 Å². The number of aromatic nitrogens is 2. The van der Waals surface area contributed by atoms with Crippen molar-refractivity contribution in [2.24, 2.45) is 0 Å². The van der Waals surface area contributed by atoms with Gasteiger partial charge in [0, 0.05) is 10.7 Å². The van der Waals surface area contributed by atoms with Gasteiger partial charge in [-0.2, -0.15) is 0 Å². The van der Waals surface area contributed by atoms with Crippen molar-refractivity contribution in [3.05, 3.63) is 90.4 Å². The molecular weight excluding hydrogens is 434 g/mol. The molecule has 0 fully saturated rings. The normalized spacial score (nSPS) is 11.1. The van der Waals surface area contributed by atoms with Crippen molar-refractivity contribution in [1.29, 1.82) is 0 Å². The molecule has 2 aromatic heterocycles. The number of carbonyl (C=O) groups excluding carboxylic acids is 1. The summed E-state index contributed by atoms with van der Waals surface area (Å²) in [4.78, 5) is 39.2. The van der Waals surface area contributed by atoms with Gasteiger partial charge in [-0.25, -0.2) is 9.36 Å². The molecule has 8 heteroatoms. The Morgan fingerprint density at radius 3 is 2.45 bits per heavy atom. The highest BCUT2D eigenvalue weighted by Gasteiger charge is 2.18. The summed E-state index contributed by atoms with van der Waals surface area (Å²) < 4.78 is 2.78. The van der Waals surface area contributed by atoms with E-state index in [0.29, 0.717) is 20.9 Å². The largest absolute Gasteiger partial charge is 0.336 e. The summed E-state index contributed by atoms with van der Waals surface area (Å²) in [5, 5.41) is 5.06. The quantitative estimate of drug-likeness (QED) is 0.496. The van der Waals surface area contributed by atoms with E-state index in [9.17, 15) is 14.4 Å². The van der Waals surface area contributed by atoms with Crippen LogP contribution in [0.5, 0.6) is 0 Å². The Morgan fingerprint density at radius 1 is 1.06 bits per heavy atom. The van der Waals surface area contributed by atoms with Crippen LogP contribution < -0.4 is 16.6 Å². The number of amides is 1. The van der Waals surface area contributed by atoms with Crippen LogP contribution in [0.15, 0.2) is 57.4 Å². The van der Waals surface area contributed by atoms with Gasteiger partial charge in [-0.15, -0.1) is 11.3 Å². The molecule has 2 aromatic carbocycles. The number of hydrogen-bond acceptors (Lipinski definition) is 4. The minimum absolute atomic E-state index is 0.223. The number of aryl methyl sites for hydroxylation is 3. The van der Waals surface area contributed by atoms with Crippen molar-refractivity contribution in [2.45, 2.75) is 27.3 Å². The van der Waals surface area contributed by atoms with Crippen LogP contribution >= 0.6 is 22.9 Å². The summed E-state index contributed by atoms with van der Waals surface area (Å²) in [5.74, 6) is -0.346. The summed E-state index contributed by atoms with van der Waals surface area (Å²) in [6, 6.07) is 12.2. The van der Waals surface area contributed by atoms with Crippen molar-refractivity contribution in [1.82, 2.24) is 9.13 Å². The fourth-order valence-electron chi connectivity index (χ4n) is 3.78. The molecule has 158 valence electrons. The molecule has 4 rings (SSSR count). The predicted octanol–water partition coefficient (Wildman–Crippen LogP) is 4.43. The Balaban J connectivity index is 1.80. The second-order valence-electron chi connectivity index (χ2n) is 7.45. The number of thiophene rings is 1. The van der Waals surface area contributed by atoms with E-state index in [1.54, 1.807) is 35.7 Å². The zero-order valence-corrected chi connectivity index (χ0v) is 18.8. The van der Waals surface area contributed by atoms with Crippen molar-refractivity contribution < 1.29 is 4.79 Å². The van der Waals surface area contributed by atoms with Gasteiger partial charge >= 0.3 is 5.69 Å². The number of rotatable bonds is 4. The zero-order chi connectivity index (χ0) is 22.3. The fraction of sp³-hybridized carbons (Fsp3) is 0.174. The van der Waals surface area contributed by atoms with Crippen molar-refractivity contribution in [3.63, 3.8) is 0 Å². The molecule has 0 saturated carbocycles. The second kappa shape index (κ2) is 8.17. The molecule has 4 aromatic rings. The summed E-state index contributed by atoms with van der Waals surface area (Å²) in [5.41, 5.74) is 3.50. The van der Waals surface area contributed by atoms with E-state index in [1.165, 1.54) is 15.9 Å². The summed E-state index contributed by atoms with van der Waals surface area (Å²) >= 11 is 7.30. The van der Waals surface area contributed by atoms with Crippen LogP contribution in [-0.2, 0) is 11.3 Å². The molecule has 0 aliphatic rings. The highest BCUT2D eigenvalue weighted by atomic mass is 35.5. The minimum Gasteiger partial charge on any atom is -0.324 e. The maximum atomic E-state index is 13.3. The van der Waals surface area contributed by atoms with Gasteiger partial charge in [0.2, 0.25) is 5.91 Å². The molecule has 0 unspecified atom stereocenters. The average molecular weight is 454 g/mol. The van der Waals surface area contributed by atoms with Gasteiger partial charge < -0.3 is 5.32 Å². The van der Waals surface area contributed by atoms with E-state index < -0.39 is 11.2 Å². The molecular formula is C23H20ClN3O3S. The molecule has 0 saturated heterocycles. The molecule has 0 radical (unpaired) electrons. The molecule has 0 aliphatic heterocycles. The third-order valence-corrected chi connectivity index (χ3v) is 6.19. The molecule has 1 N–H and O–H groups in total. The number of nitrogens with one attached hydrogen (secondary N) is 1. The van der Waals surface area contributed by atoms with E-state index in [2.05, 4.69) is 5.32 Å². The average Bonchev–Trinajstić information content (AvgIpc) is 3.18. The highest BCUT2D eigenvalue weighted by Crippen LogP contribution is 2.22. The van der Waals surface area contributed by atoms with Gasteiger partial charge in [0.05, 0.1) is 11.2 Å². The van der Waals surface area contributed by atoms with Gasteiger partial charge in [-0.3, -0.25) is 14.2 Å². The van der Waals surface area contributed by atoms with Crippen LogP contribution in [0, 0.1) is 20.8 Å². The SMILES string of the molecule is Cc1cc(C)c(NC(=O)Cn2c(=O)n(-c3cccc(Cl)c3)c(=O)c3sccc32)c(C)c1. The summed E-state index contributed by atoms with van der Waals surface area (Å²) in [6.07, 6.45) is 0. The Hall–Kier alpha value is -3.16. The lowest BCUT2D eigenvalue weighted by molar-refractivity contribution is -0.116. The van der Waals surface area contributed by atoms with Gasteiger partial charge in [0.1, 0.15) is 11.2 Å². The molecule has 31 heavy (non-hydrogen) atoms. The molecule has 0 aliphatic carbocycles. The maximum absolute atomic E-state index is 13.3. The lowest BCUT2D eigenvalue weighted by atomic mass is 10.1. The third kappa shape index (κ3) is 3.94. The Morgan fingerprint density at radius 2 is 1.77 bits per heavy atom. The first-order valence-electron chi connectivity index (χ1n) is 9.63. The topological polar surface area (TPSA) is 73.1 Å². The highest BCUT2D eigenvalue weighted by molar-refractivity contribution is 7.17. The van der Waals surface area contributed by atoms with Gasteiger partial charge in [0.25, 0.3) is 5.56 Å². The molecule has 1 amide bonds. The number of carbonyl (C=O) groups is 1. The number of fused-ring (bicyclic) bond motifs is 1. The molecule has 2 heterocycles. The second-order valence-corrected chi connectivity index (χ2v) is 8.80. The van der Waals surface area contributed by atoms with E-state index in [0.717, 1.165) is 26.9 Å². The minimum atomic E-state index is -0.592. The van der Waals surface area contributed by atoms with E-state index in [1.807, 2.05) is 32.9 Å². The monoisotopic (exact) mass is 453 g/mol. The van der Waals surface area contributed by atoms with E-state index in [-0.39, 0.29) is 12.5 Å². The first-order valence-corrected chi connectivity index (χ1v) is 10.9. The number of nitrogens with zero attached hydrogens (tertiary/aromatic N) is 2. The lowest BCUT2D eigenvalue weighted by Gasteiger charge is -2.15. The lowest BCUT2D eigenvalue weighted by Crippen LogP contribution is -2.40. The van der Waals surface area contributed by atoms with Crippen LogP contribution in [0.25, 0.3) is 15.9 Å². The van der Waals surface area contributed by atoms with E-state index in [4.69, 9.17) is 11.6 Å². The van der Waals surface area contributed by atoms with Crippen LogP contribution in [0.4, 0.5) is 5.69 Å². The number of benzene rings is 2. The van der Waals surface area contributed by atoms with E-state index >= 15 is 0 Å². The number of halogens is 1. The number of hydrogen-bond donors (Lipinski definition) is 1. The van der Waals surface area contributed by atoms with Crippen LogP contribution in [0.2, 0.25) is 5.02 Å². The molecule has 0 spiro atoms. The van der Waals surface area contributed by atoms with Gasteiger partial charge in [-0.05, 0) is 61.5 Å². The molecule has 0 bridgehead atoms. The van der Waals surface area contributed by atoms with Gasteiger partial charge in [-0.1, -0.05) is 35.4 Å². The number of anilines is 1. The van der Waals surface area contributed by atoms with Crippen molar-refractivity contribution in [2.75, 3.05) is 5.32 Å². The summed E-state index contributed by atoms with van der Waals surface area (Å²) in [7, 11) is 0. The Kier molecular flexibility index (Phi) is 5.56. The first kappa shape index (κ1) is 21.1. The fourth-order valence-corrected chi connectivity index (χ4v) is 4.79. The zero-order valence-electron chi connectivity index (χ0n) is 17.2. The van der Waals surface area contributed by atoms with Crippen molar-refractivity contribution in [3.8, 4) is 5.69 Å². The van der Waals surface area contributed by atoms with Crippen LogP contribution in [0.1, 0.15) is 16.7 Å². The Bertz CT molecular complexity index is 1430. The smallest absolute Gasteiger partial charge is 0.324 e. The van der Waals surface area contributed by atoms with Crippen LogP contribution in [0.3, 0.4) is 0 Å². The first-order chi connectivity index (χ1) is 14.8. The van der Waals surface area contributed by atoms with Crippen molar-refractivity contribution >= 4 is 44.7 Å². The Labute approximate surface area is 187 Å². The molecule has 6 nitrogen and oxygen atoms in total. The maximum Gasteiger partial charge on any atom is 0.336 e. The molecule has 0 atom stereocenters. The predicted molar refractivity (Wildman–Crippen MR) is 126 cm³/mol. The standard InChI is InChI=1S/C23H20ClN3O3S/c1-13-9-14(2)20(15(3)10-13)25-19(28)12-26-18-7-8-31-21(18)22(29)27(23(26)30)17-6-4-5-16(24)11-17/h4-11H,12H2,1-3H3,(H,25,28).